The molecule has 2 rings (SSSR count). The highest BCUT2D eigenvalue weighted by molar-refractivity contribution is 7.80. The Morgan fingerprint density at radius 2 is 2.33 bits per heavy atom. The van der Waals surface area contributed by atoms with Gasteiger partial charge in [0.25, 0.3) is 0 Å². The number of likely N-dealkylation sites (N-methyl/N-ethyl adjacent to an activating group) is 1. The molecule has 2 heterocycles. The van der Waals surface area contributed by atoms with E-state index in [2.05, 4.69) is 27.1 Å². The molecule has 0 saturated carbocycles. The van der Waals surface area contributed by atoms with Gasteiger partial charge in [0.15, 0.2) is 5.82 Å². The highest BCUT2D eigenvalue weighted by Gasteiger charge is 2.23. The number of aromatic nitrogens is 2. The summed E-state index contributed by atoms with van der Waals surface area (Å²) in [7, 11) is 0. The zero-order valence-corrected chi connectivity index (χ0v) is 11.4. The molecule has 0 aromatic carbocycles. The van der Waals surface area contributed by atoms with E-state index in [9.17, 15) is 0 Å². The van der Waals surface area contributed by atoms with E-state index < -0.39 is 0 Å². The van der Waals surface area contributed by atoms with Crippen LogP contribution in [-0.2, 0) is 0 Å². The van der Waals surface area contributed by atoms with Gasteiger partial charge in [0, 0.05) is 25.0 Å². The summed E-state index contributed by atoms with van der Waals surface area (Å²) in [5.74, 6) is 0.688. The van der Waals surface area contributed by atoms with Crippen molar-refractivity contribution in [2.75, 3.05) is 25.0 Å². The van der Waals surface area contributed by atoms with E-state index in [1.807, 2.05) is 0 Å². The standard InChI is InChI=1S/C12H19N5S/c1-2-17-7-3-4-9(17)8-16-12-10(11(13)18)14-5-6-15-12/h5-6,9H,2-4,7-8H2,1H3,(H2,13,18)(H,15,16). The summed E-state index contributed by atoms with van der Waals surface area (Å²) in [5, 5.41) is 3.32. The second kappa shape index (κ2) is 6.06. The molecule has 1 aromatic heterocycles. The Hall–Kier alpha value is -1.27. The molecular weight excluding hydrogens is 246 g/mol. The summed E-state index contributed by atoms with van der Waals surface area (Å²) in [4.78, 5) is 11.2. The Morgan fingerprint density at radius 3 is 3.06 bits per heavy atom. The quantitative estimate of drug-likeness (QED) is 0.775. The monoisotopic (exact) mass is 265 g/mol. The average molecular weight is 265 g/mol. The maximum atomic E-state index is 5.63. The Bertz CT molecular complexity index is 423. The third kappa shape index (κ3) is 2.94. The molecule has 1 saturated heterocycles. The van der Waals surface area contributed by atoms with Crippen molar-refractivity contribution in [2.24, 2.45) is 5.73 Å². The van der Waals surface area contributed by atoms with Crippen LogP contribution in [0.25, 0.3) is 0 Å². The van der Waals surface area contributed by atoms with Crippen molar-refractivity contribution in [2.45, 2.75) is 25.8 Å². The molecule has 6 heteroatoms. The minimum atomic E-state index is 0.282. The lowest BCUT2D eigenvalue weighted by Crippen LogP contribution is -2.35. The smallest absolute Gasteiger partial charge is 0.155 e. The molecule has 1 aliphatic rings. The van der Waals surface area contributed by atoms with E-state index >= 15 is 0 Å². The van der Waals surface area contributed by atoms with Gasteiger partial charge in [-0.15, -0.1) is 0 Å². The third-order valence-electron chi connectivity index (χ3n) is 3.34. The molecule has 0 radical (unpaired) electrons. The molecule has 5 nitrogen and oxygen atoms in total. The van der Waals surface area contributed by atoms with Gasteiger partial charge in [0.1, 0.15) is 10.7 Å². The maximum Gasteiger partial charge on any atom is 0.155 e. The zero-order chi connectivity index (χ0) is 13.0. The molecule has 1 fully saturated rings. The lowest BCUT2D eigenvalue weighted by atomic mass is 10.2. The van der Waals surface area contributed by atoms with Crippen molar-refractivity contribution >= 4 is 23.0 Å². The Morgan fingerprint density at radius 1 is 1.56 bits per heavy atom. The van der Waals surface area contributed by atoms with Crippen LogP contribution < -0.4 is 11.1 Å². The normalized spacial score (nSPS) is 19.9. The molecule has 98 valence electrons. The Kier molecular flexibility index (Phi) is 4.43. The second-order valence-corrected chi connectivity index (χ2v) is 4.86. The highest BCUT2D eigenvalue weighted by atomic mass is 32.1. The van der Waals surface area contributed by atoms with Crippen molar-refractivity contribution in [3.8, 4) is 0 Å². The first-order valence-corrected chi connectivity index (χ1v) is 6.72. The van der Waals surface area contributed by atoms with Gasteiger partial charge in [-0.2, -0.15) is 0 Å². The largest absolute Gasteiger partial charge is 0.388 e. The van der Waals surface area contributed by atoms with Crippen LogP contribution in [0.4, 0.5) is 5.82 Å². The zero-order valence-electron chi connectivity index (χ0n) is 10.6. The van der Waals surface area contributed by atoms with E-state index in [0.29, 0.717) is 17.6 Å². The van der Waals surface area contributed by atoms with Crippen LogP contribution in [0.1, 0.15) is 25.5 Å². The summed E-state index contributed by atoms with van der Waals surface area (Å²) in [6.07, 6.45) is 5.75. The van der Waals surface area contributed by atoms with E-state index in [4.69, 9.17) is 18.0 Å². The molecule has 0 bridgehead atoms. The van der Waals surface area contributed by atoms with Crippen molar-refractivity contribution < 1.29 is 0 Å². The van der Waals surface area contributed by atoms with Gasteiger partial charge in [-0.05, 0) is 25.9 Å². The van der Waals surface area contributed by atoms with Crippen LogP contribution in [-0.4, -0.2) is 45.5 Å². The molecule has 1 aromatic rings. The Labute approximate surface area is 113 Å². The molecule has 0 spiro atoms. The predicted molar refractivity (Wildman–Crippen MR) is 76.7 cm³/mol. The van der Waals surface area contributed by atoms with Gasteiger partial charge < -0.3 is 11.1 Å². The van der Waals surface area contributed by atoms with Gasteiger partial charge in [0.2, 0.25) is 0 Å². The fourth-order valence-electron chi connectivity index (χ4n) is 2.40. The van der Waals surface area contributed by atoms with E-state index in [1.165, 1.54) is 19.4 Å². The van der Waals surface area contributed by atoms with Gasteiger partial charge in [-0.25, -0.2) is 9.97 Å². The second-order valence-electron chi connectivity index (χ2n) is 4.42. The van der Waals surface area contributed by atoms with E-state index in [1.54, 1.807) is 12.4 Å². The maximum absolute atomic E-state index is 5.63. The molecule has 0 aliphatic carbocycles. The summed E-state index contributed by atoms with van der Waals surface area (Å²) >= 11 is 4.97. The Balaban J connectivity index is 2.00. The fraction of sp³-hybridized carbons (Fsp3) is 0.583. The fourth-order valence-corrected chi connectivity index (χ4v) is 2.55. The number of likely N-dealkylation sites (tertiary alicyclic amines) is 1. The van der Waals surface area contributed by atoms with Crippen LogP contribution >= 0.6 is 12.2 Å². The van der Waals surface area contributed by atoms with Crippen LogP contribution in [0.15, 0.2) is 12.4 Å². The summed E-state index contributed by atoms with van der Waals surface area (Å²) in [6.45, 7) is 5.34. The lowest BCUT2D eigenvalue weighted by Gasteiger charge is -2.23. The number of hydrogen-bond acceptors (Lipinski definition) is 5. The number of rotatable bonds is 5. The molecule has 1 aliphatic heterocycles. The van der Waals surface area contributed by atoms with Gasteiger partial charge in [-0.1, -0.05) is 19.1 Å². The lowest BCUT2D eigenvalue weighted by molar-refractivity contribution is 0.277. The van der Waals surface area contributed by atoms with Crippen LogP contribution in [0.5, 0.6) is 0 Å². The predicted octanol–water partition coefficient (Wildman–Crippen LogP) is 1.01. The van der Waals surface area contributed by atoms with Crippen molar-refractivity contribution in [3.63, 3.8) is 0 Å². The average Bonchev–Trinajstić information content (AvgIpc) is 2.84. The number of thiocarbonyl (C=S) groups is 1. The molecule has 1 atom stereocenters. The van der Waals surface area contributed by atoms with Crippen molar-refractivity contribution in [1.29, 1.82) is 0 Å². The van der Waals surface area contributed by atoms with Gasteiger partial charge in [-0.3, -0.25) is 4.90 Å². The van der Waals surface area contributed by atoms with Crippen LogP contribution in [0.3, 0.4) is 0 Å². The number of anilines is 1. The van der Waals surface area contributed by atoms with Crippen LogP contribution in [0, 0.1) is 0 Å². The summed E-state index contributed by atoms with van der Waals surface area (Å²) in [5.41, 5.74) is 6.21. The van der Waals surface area contributed by atoms with Crippen LogP contribution in [0.2, 0.25) is 0 Å². The molecule has 18 heavy (non-hydrogen) atoms. The minimum Gasteiger partial charge on any atom is -0.388 e. The minimum absolute atomic E-state index is 0.282. The molecular formula is C12H19N5S. The molecule has 3 N–H and O–H groups in total. The van der Waals surface area contributed by atoms with Crippen molar-refractivity contribution in [3.05, 3.63) is 18.1 Å². The SMILES string of the molecule is CCN1CCCC1CNc1nccnc1C(N)=S. The number of nitrogens with two attached hydrogens (primary N) is 1. The van der Waals surface area contributed by atoms with Crippen molar-refractivity contribution in [1.82, 2.24) is 14.9 Å². The van der Waals surface area contributed by atoms with E-state index in [0.717, 1.165) is 13.1 Å². The molecule has 1 unspecified atom stereocenters. The third-order valence-corrected chi connectivity index (χ3v) is 3.54. The van der Waals surface area contributed by atoms with Gasteiger partial charge >= 0.3 is 0 Å². The number of nitrogens with zero attached hydrogens (tertiary/aromatic N) is 3. The first-order chi connectivity index (χ1) is 8.72. The summed E-state index contributed by atoms with van der Waals surface area (Å²) < 4.78 is 0. The molecule has 0 amide bonds. The first kappa shape index (κ1) is 13.2. The van der Waals surface area contributed by atoms with E-state index in [-0.39, 0.29) is 4.99 Å². The van der Waals surface area contributed by atoms with Gasteiger partial charge in [0.05, 0.1) is 0 Å². The highest BCUT2D eigenvalue weighted by Crippen LogP contribution is 2.17. The topological polar surface area (TPSA) is 67.1 Å². The summed E-state index contributed by atoms with van der Waals surface area (Å²) in [6, 6.07) is 0.566. The number of nitrogens with one attached hydrogen (secondary N) is 1. The number of hydrogen-bond donors (Lipinski definition) is 2. The first-order valence-electron chi connectivity index (χ1n) is 6.31.